The van der Waals surface area contributed by atoms with E-state index in [2.05, 4.69) is 83.8 Å². The number of ether oxygens (including phenoxy) is 1. The molecule has 152 valence electrons. The summed E-state index contributed by atoms with van der Waals surface area (Å²) in [5.74, 6) is 1.38. The predicted octanol–water partition coefficient (Wildman–Crippen LogP) is 4.79. The van der Waals surface area contributed by atoms with E-state index < -0.39 is 0 Å². The summed E-state index contributed by atoms with van der Waals surface area (Å²) in [5.41, 5.74) is 3.91. The van der Waals surface area contributed by atoms with Crippen molar-refractivity contribution in [2.45, 2.75) is 32.4 Å². The van der Waals surface area contributed by atoms with Crippen LogP contribution in [0.2, 0.25) is 0 Å². The van der Waals surface area contributed by atoms with Gasteiger partial charge in [-0.15, -0.1) is 24.0 Å². The number of guanidine groups is 1. The minimum atomic E-state index is 0. The van der Waals surface area contributed by atoms with Gasteiger partial charge in [0.25, 0.3) is 0 Å². The van der Waals surface area contributed by atoms with E-state index in [0.29, 0.717) is 5.92 Å². The zero-order valence-electron chi connectivity index (χ0n) is 17.1. The molecular formula is C23H32IN3O. The van der Waals surface area contributed by atoms with Gasteiger partial charge in [0, 0.05) is 39.7 Å². The molecule has 1 aliphatic rings. The predicted molar refractivity (Wildman–Crippen MR) is 127 cm³/mol. The van der Waals surface area contributed by atoms with Gasteiger partial charge in [-0.25, -0.2) is 0 Å². The van der Waals surface area contributed by atoms with E-state index >= 15 is 0 Å². The number of hydrogen-bond donors (Lipinski definition) is 1. The highest BCUT2D eigenvalue weighted by Gasteiger charge is 2.27. The third-order valence-electron chi connectivity index (χ3n) is 5.34. The fourth-order valence-electron chi connectivity index (χ4n) is 3.79. The third kappa shape index (κ3) is 5.95. The Morgan fingerprint density at radius 2 is 1.86 bits per heavy atom. The zero-order valence-corrected chi connectivity index (χ0v) is 19.4. The first-order valence-electron chi connectivity index (χ1n) is 9.82. The van der Waals surface area contributed by atoms with Crippen molar-refractivity contribution >= 4 is 29.9 Å². The van der Waals surface area contributed by atoms with E-state index in [1.54, 1.807) is 0 Å². The monoisotopic (exact) mass is 493 g/mol. The average molecular weight is 493 g/mol. The molecule has 1 N–H and O–H groups in total. The lowest BCUT2D eigenvalue weighted by atomic mass is 9.89. The summed E-state index contributed by atoms with van der Waals surface area (Å²) in [7, 11) is 3.94. The van der Waals surface area contributed by atoms with Crippen molar-refractivity contribution < 1.29 is 4.74 Å². The number of halogens is 1. The van der Waals surface area contributed by atoms with Crippen LogP contribution in [0.1, 0.15) is 35.6 Å². The second kappa shape index (κ2) is 11.4. The standard InChI is InChI=1S/C23H31N3O.HI/c1-18-10-7-8-13-21(18)17-26(3)23(24-2)25-16-20-14-9-15-27-22(20)19-11-5-4-6-12-19;/h4-8,10-13,20,22H,9,14-17H2,1-3H3,(H,24,25);1H. The largest absolute Gasteiger partial charge is 0.373 e. The van der Waals surface area contributed by atoms with Crippen LogP contribution in [0.5, 0.6) is 0 Å². The molecule has 0 spiro atoms. The van der Waals surface area contributed by atoms with E-state index in [9.17, 15) is 0 Å². The average Bonchev–Trinajstić information content (AvgIpc) is 2.71. The molecule has 0 aromatic heterocycles. The lowest BCUT2D eigenvalue weighted by Crippen LogP contribution is -2.42. The second-order valence-electron chi connectivity index (χ2n) is 7.32. The van der Waals surface area contributed by atoms with Crippen molar-refractivity contribution in [1.82, 2.24) is 10.2 Å². The quantitative estimate of drug-likeness (QED) is 0.370. The highest BCUT2D eigenvalue weighted by atomic mass is 127. The van der Waals surface area contributed by atoms with Crippen molar-refractivity contribution in [2.24, 2.45) is 10.9 Å². The molecule has 0 saturated carbocycles. The zero-order chi connectivity index (χ0) is 19.1. The molecule has 0 aliphatic carbocycles. The first-order valence-corrected chi connectivity index (χ1v) is 9.82. The Bertz CT molecular complexity index is 751. The third-order valence-corrected chi connectivity index (χ3v) is 5.34. The van der Waals surface area contributed by atoms with E-state index in [1.165, 1.54) is 23.1 Å². The summed E-state index contributed by atoms with van der Waals surface area (Å²) >= 11 is 0. The fraction of sp³-hybridized carbons (Fsp3) is 0.435. The molecule has 4 nitrogen and oxygen atoms in total. The first kappa shape index (κ1) is 22.7. The molecule has 1 heterocycles. The van der Waals surface area contributed by atoms with E-state index in [4.69, 9.17) is 4.74 Å². The summed E-state index contributed by atoms with van der Waals surface area (Å²) in [5, 5.41) is 3.57. The van der Waals surface area contributed by atoms with Crippen molar-refractivity contribution in [3.05, 3.63) is 71.3 Å². The lowest BCUT2D eigenvalue weighted by molar-refractivity contribution is -0.0266. The minimum Gasteiger partial charge on any atom is -0.373 e. The molecule has 1 saturated heterocycles. The number of nitrogens with zero attached hydrogens (tertiary/aromatic N) is 2. The number of aliphatic imine (C=N–C) groups is 1. The molecule has 2 aromatic rings. The highest BCUT2D eigenvalue weighted by molar-refractivity contribution is 14.0. The van der Waals surface area contributed by atoms with Crippen molar-refractivity contribution in [3.63, 3.8) is 0 Å². The molecule has 0 radical (unpaired) electrons. The van der Waals surface area contributed by atoms with E-state index in [0.717, 1.165) is 32.1 Å². The van der Waals surface area contributed by atoms with E-state index in [1.807, 2.05) is 7.05 Å². The van der Waals surface area contributed by atoms with Gasteiger partial charge >= 0.3 is 0 Å². The molecule has 2 aromatic carbocycles. The fourth-order valence-corrected chi connectivity index (χ4v) is 3.79. The Balaban J connectivity index is 0.00000280. The Hall–Kier alpha value is -1.60. The van der Waals surface area contributed by atoms with Crippen LogP contribution in [0.25, 0.3) is 0 Å². The van der Waals surface area contributed by atoms with E-state index in [-0.39, 0.29) is 30.1 Å². The Morgan fingerprint density at radius 1 is 1.14 bits per heavy atom. The van der Waals surface area contributed by atoms with Gasteiger partial charge in [-0.05, 0) is 36.5 Å². The molecule has 5 heteroatoms. The van der Waals surface area contributed by atoms with Gasteiger partial charge < -0.3 is 15.0 Å². The maximum absolute atomic E-state index is 6.12. The van der Waals surface area contributed by atoms with Crippen LogP contribution in [0.4, 0.5) is 0 Å². The van der Waals surface area contributed by atoms with Gasteiger partial charge in [-0.1, -0.05) is 54.6 Å². The molecule has 28 heavy (non-hydrogen) atoms. The lowest BCUT2D eigenvalue weighted by Gasteiger charge is -2.33. The smallest absolute Gasteiger partial charge is 0.193 e. The second-order valence-corrected chi connectivity index (χ2v) is 7.32. The summed E-state index contributed by atoms with van der Waals surface area (Å²) in [6, 6.07) is 19.1. The van der Waals surface area contributed by atoms with Gasteiger partial charge in [0.15, 0.2) is 5.96 Å². The molecular weight excluding hydrogens is 461 g/mol. The Labute approximate surface area is 186 Å². The summed E-state index contributed by atoms with van der Waals surface area (Å²) in [6.45, 7) is 4.71. The number of aryl methyl sites for hydroxylation is 1. The Kier molecular flexibility index (Phi) is 9.25. The number of rotatable bonds is 5. The number of nitrogens with one attached hydrogen (secondary N) is 1. The van der Waals surface area contributed by atoms with Gasteiger partial charge in [-0.2, -0.15) is 0 Å². The molecule has 2 unspecified atom stereocenters. The molecule has 3 rings (SSSR count). The van der Waals surface area contributed by atoms with Crippen molar-refractivity contribution in [3.8, 4) is 0 Å². The molecule has 1 fully saturated rings. The summed E-state index contributed by atoms with van der Waals surface area (Å²) < 4.78 is 6.12. The first-order chi connectivity index (χ1) is 13.2. The van der Waals surface area contributed by atoms with Crippen LogP contribution in [-0.4, -0.2) is 38.1 Å². The summed E-state index contributed by atoms with van der Waals surface area (Å²) in [6.07, 6.45) is 2.45. The van der Waals surface area contributed by atoms with Crippen molar-refractivity contribution in [1.29, 1.82) is 0 Å². The normalized spacial score (nSPS) is 19.6. The van der Waals surface area contributed by atoms with Crippen LogP contribution in [0, 0.1) is 12.8 Å². The highest BCUT2D eigenvalue weighted by Crippen LogP contribution is 2.33. The maximum Gasteiger partial charge on any atom is 0.193 e. The van der Waals surface area contributed by atoms with Crippen LogP contribution in [0.15, 0.2) is 59.6 Å². The molecule has 0 amide bonds. The van der Waals surface area contributed by atoms with Crippen LogP contribution >= 0.6 is 24.0 Å². The Morgan fingerprint density at radius 3 is 2.57 bits per heavy atom. The van der Waals surface area contributed by atoms with Gasteiger partial charge in [0.05, 0.1) is 6.10 Å². The van der Waals surface area contributed by atoms with Crippen molar-refractivity contribution in [2.75, 3.05) is 27.2 Å². The van der Waals surface area contributed by atoms with Crippen LogP contribution < -0.4 is 5.32 Å². The van der Waals surface area contributed by atoms with Gasteiger partial charge in [-0.3, -0.25) is 4.99 Å². The minimum absolute atomic E-state index is 0. The molecule has 2 atom stereocenters. The topological polar surface area (TPSA) is 36.9 Å². The molecule has 0 bridgehead atoms. The van der Waals surface area contributed by atoms with Crippen LogP contribution in [-0.2, 0) is 11.3 Å². The SMILES string of the molecule is CN=C(NCC1CCCOC1c1ccccc1)N(C)Cc1ccccc1C.I. The van der Waals surface area contributed by atoms with Gasteiger partial charge in [0.2, 0.25) is 0 Å². The number of hydrogen-bond acceptors (Lipinski definition) is 2. The maximum atomic E-state index is 6.12. The van der Waals surface area contributed by atoms with Gasteiger partial charge in [0.1, 0.15) is 0 Å². The number of benzene rings is 2. The summed E-state index contributed by atoms with van der Waals surface area (Å²) in [4.78, 5) is 6.67. The van der Waals surface area contributed by atoms with Crippen LogP contribution in [0.3, 0.4) is 0 Å². The molecule has 1 aliphatic heterocycles.